The maximum atomic E-state index is 13.1. The average molecular weight is 387 g/mol. The van der Waals surface area contributed by atoms with Gasteiger partial charge < -0.3 is 20.1 Å². The lowest BCUT2D eigenvalue weighted by Gasteiger charge is -2.07. The van der Waals surface area contributed by atoms with Crippen LogP contribution in [0.2, 0.25) is 0 Å². The summed E-state index contributed by atoms with van der Waals surface area (Å²) in [7, 11) is 0. The Bertz CT molecular complexity index is 1060. The van der Waals surface area contributed by atoms with Crippen molar-refractivity contribution in [2.24, 2.45) is 0 Å². The molecule has 0 spiro atoms. The minimum Gasteiger partial charge on any atom is -0.508 e. The standard InChI is InChI=1S/C22H17N3O4/c26-17-7-3-15(4-8-17)20-19(22(28)24-13-14-2-1-11-23-12-14)21(29-25-20)16-5-9-18(27)10-6-16/h1-12,26-27H,13H2,(H,24,28). The second-order valence-electron chi connectivity index (χ2n) is 6.37. The quantitative estimate of drug-likeness (QED) is 0.481. The van der Waals surface area contributed by atoms with Crippen LogP contribution in [-0.4, -0.2) is 26.3 Å². The van der Waals surface area contributed by atoms with Gasteiger partial charge in [-0.2, -0.15) is 0 Å². The molecule has 7 heteroatoms. The number of hydrogen-bond acceptors (Lipinski definition) is 6. The first kappa shape index (κ1) is 18.2. The predicted octanol–water partition coefficient (Wildman–Crippen LogP) is 3.74. The molecule has 0 saturated heterocycles. The summed E-state index contributed by atoms with van der Waals surface area (Å²) in [5.74, 6) is 0.145. The predicted molar refractivity (Wildman–Crippen MR) is 106 cm³/mol. The molecule has 0 bridgehead atoms. The van der Waals surface area contributed by atoms with Gasteiger partial charge in [-0.05, 0) is 60.2 Å². The van der Waals surface area contributed by atoms with Crippen LogP contribution in [0.5, 0.6) is 11.5 Å². The van der Waals surface area contributed by atoms with Crippen LogP contribution in [0.3, 0.4) is 0 Å². The first-order valence-corrected chi connectivity index (χ1v) is 8.87. The Labute approximate surface area is 166 Å². The topological polar surface area (TPSA) is 108 Å². The molecular formula is C22H17N3O4. The number of pyridine rings is 1. The van der Waals surface area contributed by atoms with E-state index < -0.39 is 0 Å². The molecule has 4 aromatic rings. The van der Waals surface area contributed by atoms with E-state index in [-0.39, 0.29) is 28.7 Å². The minimum absolute atomic E-state index is 0.106. The Balaban J connectivity index is 1.73. The van der Waals surface area contributed by atoms with Gasteiger partial charge in [0.25, 0.3) is 5.91 Å². The Morgan fingerprint density at radius 2 is 1.59 bits per heavy atom. The number of rotatable bonds is 5. The molecule has 0 aliphatic carbocycles. The normalized spacial score (nSPS) is 10.6. The number of phenols is 2. The van der Waals surface area contributed by atoms with Gasteiger partial charge in [-0.15, -0.1) is 0 Å². The van der Waals surface area contributed by atoms with E-state index in [1.54, 1.807) is 42.7 Å². The zero-order valence-electron chi connectivity index (χ0n) is 15.2. The number of hydrogen-bond donors (Lipinski definition) is 3. The van der Waals surface area contributed by atoms with Crippen LogP contribution < -0.4 is 5.32 Å². The van der Waals surface area contributed by atoms with Crippen molar-refractivity contribution in [3.63, 3.8) is 0 Å². The highest BCUT2D eigenvalue weighted by molar-refractivity contribution is 6.04. The van der Waals surface area contributed by atoms with Crippen molar-refractivity contribution < 1.29 is 19.5 Å². The van der Waals surface area contributed by atoms with E-state index in [9.17, 15) is 15.0 Å². The Kier molecular flexibility index (Phi) is 4.94. The highest BCUT2D eigenvalue weighted by Crippen LogP contribution is 2.33. The third-order valence-electron chi connectivity index (χ3n) is 4.37. The van der Waals surface area contributed by atoms with Crippen LogP contribution in [0.1, 0.15) is 15.9 Å². The van der Waals surface area contributed by atoms with Crippen molar-refractivity contribution in [3.05, 3.63) is 84.2 Å². The number of carbonyl (C=O) groups excluding carboxylic acids is 1. The summed E-state index contributed by atoms with van der Waals surface area (Å²) in [5, 5.41) is 26.1. The molecule has 1 amide bonds. The van der Waals surface area contributed by atoms with Gasteiger partial charge in [-0.3, -0.25) is 9.78 Å². The summed E-state index contributed by atoms with van der Waals surface area (Å²) in [5.41, 5.74) is 2.71. The molecular weight excluding hydrogens is 370 g/mol. The van der Waals surface area contributed by atoms with Crippen LogP contribution in [-0.2, 0) is 6.54 Å². The average Bonchev–Trinajstić information content (AvgIpc) is 3.19. The maximum absolute atomic E-state index is 13.1. The number of benzene rings is 2. The first-order chi connectivity index (χ1) is 14.1. The Morgan fingerprint density at radius 1 is 0.931 bits per heavy atom. The van der Waals surface area contributed by atoms with Crippen LogP contribution >= 0.6 is 0 Å². The molecule has 144 valence electrons. The second kappa shape index (κ2) is 7.85. The van der Waals surface area contributed by atoms with Crippen molar-refractivity contribution in [3.8, 4) is 34.1 Å². The molecule has 0 radical (unpaired) electrons. The molecule has 2 aromatic carbocycles. The molecule has 0 fully saturated rings. The Morgan fingerprint density at radius 3 is 2.21 bits per heavy atom. The van der Waals surface area contributed by atoms with Crippen molar-refractivity contribution in [2.45, 2.75) is 6.54 Å². The molecule has 0 saturated carbocycles. The smallest absolute Gasteiger partial charge is 0.257 e. The highest BCUT2D eigenvalue weighted by atomic mass is 16.5. The number of nitrogens with one attached hydrogen (secondary N) is 1. The van der Waals surface area contributed by atoms with E-state index in [4.69, 9.17) is 4.52 Å². The number of nitrogens with zero attached hydrogens (tertiary/aromatic N) is 2. The fraction of sp³-hybridized carbons (Fsp3) is 0.0455. The number of aromatic nitrogens is 2. The lowest BCUT2D eigenvalue weighted by atomic mass is 10.0. The molecule has 0 aliphatic rings. The molecule has 3 N–H and O–H groups in total. The van der Waals surface area contributed by atoms with Crippen molar-refractivity contribution in [1.82, 2.24) is 15.5 Å². The summed E-state index contributed by atoms with van der Waals surface area (Å²) < 4.78 is 5.51. The lowest BCUT2D eigenvalue weighted by Crippen LogP contribution is -2.23. The number of amides is 1. The van der Waals surface area contributed by atoms with Crippen LogP contribution in [0.25, 0.3) is 22.6 Å². The van der Waals surface area contributed by atoms with E-state index in [1.807, 2.05) is 6.07 Å². The third kappa shape index (κ3) is 3.93. The number of phenolic OH excluding ortho intramolecular Hbond substituents is 2. The number of aromatic hydroxyl groups is 2. The van der Waals surface area contributed by atoms with Crippen LogP contribution in [0.15, 0.2) is 77.6 Å². The van der Waals surface area contributed by atoms with Gasteiger partial charge in [-0.25, -0.2) is 0 Å². The van der Waals surface area contributed by atoms with Crippen molar-refractivity contribution in [2.75, 3.05) is 0 Å². The SMILES string of the molecule is O=C(NCc1cccnc1)c1c(-c2ccc(O)cc2)noc1-c1ccc(O)cc1. The van der Waals surface area contributed by atoms with Gasteiger partial charge in [-0.1, -0.05) is 11.2 Å². The Hall–Kier alpha value is -4.13. The summed E-state index contributed by atoms with van der Waals surface area (Å²) in [6, 6.07) is 16.3. The summed E-state index contributed by atoms with van der Waals surface area (Å²) in [6.07, 6.45) is 3.34. The van der Waals surface area contributed by atoms with E-state index in [0.29, 0.717) is 23.4 Å². The van der Waals surface area contributed by atoms with Crippen molar-refractivity contribution in [1.29, 1.82) is 0 Å². The van der Waals surface area contributed by atoms with Crippen molar-refractivity contribution >= 4 is 5.91 Å². The molecule has 4 rings (SSSR count). The largest absolute Gasteiger partial charge is 0.508 e. The van der Waals surface area contributed by atoms with Gasteiger partial charge in [0.1, 0.15) is 22.8 Å². The van der Waals surface area contributed by atoms with E-state index >= 15 is 0 Å². The molecule has 0 unspecified atom stereocenters. The molecule has 7 nitrogen and oxygen atoms in total. The second-order valence-corrected chi connectivity index (χ2v) is 6.37. The molecule has 2 aromatic heterocycles. The fourth-order valence-electron chi connectivity index (χ4n) is 2.90. The van der Waals surface area contributed by atoms with Gasteiger partial charge in [0.15, 0.2) is 5.76 Å². The maximum Gasteiger partial charge on any atom is 0.257 e. The molecule has 29 heavy (non-hydrogen) atoms. The minimum atomic E-state index is -0.360. The summed E-state index contributed by atoms with van der Waals surface area (Å²) >= 11 is 0. The molecule has 0 aliphatic heterocycles. The molecule has 2 heterocycles. The summed E-state index contributed by atoms with van der Waals surface area (Å²) in [4.78, 5) is 17.1. The van der Waals surface area contributed by atoms with E-state index in [0.717, 1.165) is 5.56 Å². The fourth-order valence-corrected chi connectivity index (χ4v) is 2.90. The van der Waals surface area contributed by atoms with Gasteiger partial charge in [0, 0.05) is 30.1 Å². The van der Waals surface area contributed by atoms with Crippen LogP contribution in [0, 0.1) is 0 Å². The van der Waals surface area contributed by atoms with Gasteiger partial charge >= 0.3 is 0 Å². The number of carbonyl (C=O) groups is 1. The zero-order valence-corrected chi connectivity index (χ0v) is 15.2. The van der Waals surface area contributed by atoms with E-state index in [2.05, 4.69) is 15.5 Å². The molecule has 0 atom stereocenters. The third-order valence-corrected chi connectivity index (χ3v) is 4.37. The monoisotopic (exact) mass is 387 g/mol. The highest BCUT2D eigenvalue weighted by Gasteiger charge is 2.25. The van der Waals surface area contributed by atoms with Crippen LogP contribution in [0.4, 0.5) is 0 Å². The first-order valence-electron chi connectivity index (χ1n) is 8.87. The summed E-state index contributed by atoms with van der Waals surface area (Å²) in [6.45, 7) is 0.294. The van der Waals surface area contributed by atoms with Gasteiger partial charge in [0.05, 0.1) is 0 Å². The zero-order chi connectivity index (χ0) is 20.2. The lowest BCUT2D eigenvalue weighted by molar-refractivity contribution is 0.0951. The van der Waals surface area contributed by atoms with Gasteiger partial charge in [0.2, 0.25) is 0 Å². The van der Waals surface area contributed by atoms with E-state index in [1.165, 1.54) is 24.3 Å².